The molecule has 160 valence electrons. The SMILES string of the molecule is CCOC(=O)C1=C(C)OC(N)=C(C#N)C1c1ccc(F)cc1CN1CCN(C)CC1. The second-order valence-corrected chi connectivity index (χ2v) is 7.54. The summed E-state index contributed by atoms with van der Waals surface area (Å²) in [5, 5.41) is 9.77. The quantitative estimate of drug-likeness (QED) is 0.739. The molecule has 7 nitrogen and oxygen atoms in total. The number of allylic oxidation sites excluding steroid dienone is 2. The van der Waals surface area contributed by atoms with E-state index in [2.05, 4.69) is 22.9 Å². The average Bonchev–Trinajstić information content (AvgIpc) is 2.69. The number of nitrogens with zero attached hydrogens (tertiary/aromatic N) is 3. The maximum absolute atomic E-state index is 14.2. The van der Waals surface area contributed by atoms with Crippen molar-refractivity contribution in [3.05, 3.63) is 57.9 Å². The summed E-state index contributed by atoms with van der Waals surface area (Å²) in [7, 11) is 2.07. The first-order valence-electron chi connectivity index (χ1n) is 10.00. The van der Waals surface area contributed by atoms with E-state index < -0.39 is 11.9 Å². The lowest BCUT2D eigenvalue weighted by Gasteiger charge is -2.34. The lowest BCUT2D eigenvalue weighted by atomic mass is 9.80. The second-order valence-electron chi connectivity index (χ2n) is 7.54. The normalized spacial score (nSPS) is 20.7. The monoisotopic (exact) mass is 414 g/mol. The van der Waals surface area contributed by atoms with Crippen LogP contribution in [0.15, 0.2) is 41.0 Å². The molecule has 0 aromatic heterocycles. The minimum atomic E-state index is -0.772. The summed E-state index contributed by atoms with van der Waals surface area (Å²) in [6.07, 6.45) is 0. The zero-order valence-electron chi connectivity index (χ0n) is 17.6. The minimum Gasteiger partial charge on any atom is -0.463 e. The molecule has 0 amide bonds. The highest BCUT2D eigenvalue weighted by Crippen LogP contribution is 2.41. The van der Waals surface area contributed by atoms with Gasteiger partial charge in [-0.2, -0.15) is 5.26 Å². The molecular weight excluding hydrogens is 387 g/mol. The predicted octanol–water partition coefficient (Wildman–Crippen LogP) is 2.22. The Labute approximate surface area is 176 Å². The first-order valence-corrected chi connectivity index (χ1v) is 10.00. The molecule has 2 N–H and O–H groups in total. The molecule has 1 saturated heterocycles. The van der Waals surface area contributed by atoms with Crippen LogP contribution in [0.4, 0.5) is 4.39 Å². The van der Waals surface area contributed by atoms with E-state index in [1.165, 1.54) is 12.1 Å². The van der Waals surface area contributed by atoms with Crippen LogP contribution in [-0.2, 0) is 20.8 Å². The molecule has 3 rings (SSSR count). The number of halogens is 1. The van der Waals surface area contributed by atoms with Crippen LogP contribution in [0.5, 0.6) is 0 Å². The third-order valence-corrected chi connectivity index (χ3v) is 5.51. The van der Waals surface area contributed by atoms with E-state index in [0.717, 1.165) is 26.2 Å². The van der Waals surface area contributed by atoms with Crippen molar-refractivity contribution in [2.45, 2.75) is 26.3 Å². The third kappa shape index (κ3) is 4.48. The fraction of sp³-hybridized carbons (Fsp3) is 0.455. The molecule has 2 heterocycles. The Morgan fingerprint density at radius 3 is 2.70 bits per heavy atom. The van der Waals surface area contributed by atoms with Crippen LogP contribution in [0, 0.1) is 17.1 Å². The Kier molecular flexibility index (Phi) is 6.75. The molecule has 8 heteroatoms. The molecule has 0 saturated carbocycles. The van der Waals surface area contributed by atoms with Crippen LogP contribution < -0.4 is 5.73 Å². The molecule has 2 aliphatic heterocycles. The Morgan fingerprint density at radius 2 is 2.07 bits per heavy atom. The van der Waals surface area contributed by atoms with Crippen molar-refractivity contribution in [1.29, 1.82) is 5.26 Å². The van der Waals surface area contributed by atoms with E-state index >= 15 is 0 Å². The van der Waals surface area contributed by atoms with Crippen molar-refractivity contribution >= 4 is 5.97 Å². The highest BCUT2D eigenvalue weighted by molar-refractivity contribution is 5.92. The first-order chi connectivity index (χ1) is 14.3. The lowest BCUT2D eigenvalue weighted by molar-refractivity contribution is -0.139. The fourth-order valence-electron chi connectivity index (χ4n) is 3.91. The summed E-state index contributed by atoms with van der Waals surface area (Å²) < 4.78 is 24.9. The smallest absolute Gasteiger partial charge is 0.338 e. The minimum absolute atomic E-state index is 0.0529. The molecule has 30 heavy (non-hydrogen) atoms. The van der Waals surface area contributed by atoms with Crippen molar-refractivity contribution in [1.82, 2.24) is 9.80 Å². The van der Waals surface area contributed by atoms with E-state index in [0.29, 0.717) is 17.7 Å². The number of nitriles is 1. The Bertz CT molecular complexity index is 927. The van der Waals surface area contributed by atoms with Crippen LogP contribution in [0.3, 0.4) is 0 Å². The van der Waals surface area contributed by atoms with Gasteiger partial charge in [0.15, 0.2) is 0 Å². The number of hydrogen-bond acceptors (Lipinski definition) is 7. The van der Waals surface area contributed by atoms with E-state index in [1.807, 2.05) is 0 Å². The van der Waals surface area contributed by atoms with Gasteiger partial charge < -0.3 is 20.1 Å². The number of hydrogen-bond donors (Lipinski definition) is 1. The molecule has 0 bridgehead atoms. The number of carbonyl (C=O) groups excluding carboxylic acids is 1. The second kappa shape index (κ2) is 9.28. The Morgan fingerprint density at radius 1 is 1.37 bits per heavy atom. The van der Waals surface area contributed by atoms with Crippen LogP contribution in [-0.4, -0.2) is 55.6 Å². The topological polar surface area (TPSA) is 91.8 Å². The zero-order chi connectivity index (χ0) is 21.8. The van der Waals surface area contributed by atoms with Gasteiger partial charge in [0.1, 0.15) is 23.2 Å². The molecular formula is C22H27FN4O3. The summed E-state index contributed by atoms with van der Waals surface area (Å²) in [5.41, 5.74) is 7.68. The molecule has 1 aromatic carbocycles. The standard InChI is InChI=1S/C22H27FN4O3/c1-4-29-22(28)19-14(2)30-21(25)18(12-24)20(19)17-6-5-16(23)11-15(17)13-27-9-7-26(3)8-10-27/h5-6,11,20H,4,7-10,13,25H2,1-3H3. The van der Waals surface area contributed by atoms with Gasteiger partial charge in [0, 0.05) is 32.7 Å². The number of esters is 1. The van der Waals surface area contributed by atoms with E-state index in [9.17, 15) is 14.4 Å². The summed E-state index contributed by atoms with van der Waals surface area (Å²) in [6, 6.07) is 6.49. The highest BCUT2D eigenvalue weighted by Gasteiger charge is 2.37. The Hall–Kier alpha value is -2.89. The van der Waals surface area contributed by atoms with Gasteiger partial charge in [-0.3, -0.25) is 4.90 Å². The van der Waals surface area contributed by atoms with Crippen molar-refractivity contribution < 1.29 is 18.7 Å². The summed E-state index contributed by atoms with van der Waals surface area (Å²) in [6.45, 7) is 7.55. The number of benzene rings is 1. The maximum Gasteiger partial charge on any atom is 0.338 e. The van der Waals surface area contributed by atoms with E-state index in [1.54, 1.807) is 19.9 Å². The molecule has 1 atom stereocenters. The van der Waals surface area contributed by atoms with E-state index in [4.69, 9.17) is 15.2 Å². The van der Waals surface area contributed by atoms with E-state index in [-0.39, 0.29) is 35.2 Å². The van der Waals surface area contributed by atoms with Gasteiger partial charge in [-0.1, -0.05) is 6.07 Å². The van der Waals surface area contributed by atoms with Gasteiger partial charge in [0.2, 0.25) is 5.88 Å². The molecule has 2 aliphatic rings. The van der Waals surface area contributed by atoms with Gasteiger partial charge in [-0.25, -0.2) is 9.18 Å². The Balaban J connectivity index is 2.07. The fourth-order valence-corrected chi connectivity index (χ4v) is 3.91. The van der Waals surface area contributed by atoms with Crippen molar-refractivity contribution in [2.75, 3.05) is 39.8 Å². The summed E-state index contributed by atoms with van der Waals surface area (Å²) in [5.74, 6) is -1.49. The zero-order valence-corrected chi connectivity index (χ0v) is 17.6. The summed E-state index contributed by atoms with van der Waals surface area (Å²) >= 11 is 0. The molecule has 1 aromatic rings. The van der Waals surface area contributed by atoms with Crippen molar-refractivity contribution in [3.63, 3.8) is 0 Å². The number of rotatable bonds is 5. The van der Waals surface area contributed by atoms with Crippen LogP contribution >= 0.6 is 0 Å². The van der Waals surface area contributed by atoms with Gasteiger partial charge in [-0.05, 0) is 44.2 Å². The lowest BCUT2D eigenvalue weighted by Crippen LogP contribution is -2.44. The molecule has 1 unspecified atom stereocenters. The van der Waals surface area contributed by atoms with Gasteiger partial charge in [0.25, 0.3) is 0 Å². The van der Waals surface area contributed by atoms with Gasteiger partial charge in [0.05, 0.1) is 18.1 Å². The first kappa shape index (κ1) is 21.8. The van der Waals surface area contributed by atoms with Gasteiger partial charge in [-0.15, -0.1) is 0 Å². The molecule has 1 fully saturated rings. The average molecular weight is 414 g/mol. The predicted molar refractivity (Wildman–Crippen MR) is 109 cm³/mol. The van der Waals surface area contributed by atoms with Crippen molar-refractivity contribution in [2.24, 2.45) is 5.73 Å². The summed E-state index contributed by atoms with van der Waals surface area (Å²) in [4.78, 5) is 17.2. The maximum atomic E-state index is 14.2. The number of nitrogens with two attached hydrogens (primary N) is 1. The highest BCUT2D eigenvalue weighted by atomic mass is 19.1. The molecule has 0 spiro atoms. The molecule has 0 aliphatic carbocycles. The third-order valence-electron chi connectivity index (χ3n) is 5.51. The van der Waals surface area contributed by atoms with Crippen LogP contribution in [0.1, 0.15) is 30.9 Å². The largest absolute Gasteiger partial charge is 0.463 e. The van der Waals surface area contributed by atoms with Crippen LogP contribution in [0.25, 0.3) is 0 Å². The van der Waals surface area contributed by atoms with Crippen LogP contribution in [0.2, 0.25) is 0 Å². The number of ether oxygens (including phenoxy) is 2. The number of likely N-dealkylation sites (N-methyl/N-ethyl adjacent to an activating group) is 1. The number of carbonyl (C=O) groups is 1. The number of piperazine rings is 1. The molecule has 0 radical (unpaired) electrons. The van der Waals surface area contributed by atoms with Crippen molar-refractivity contribution in [3.8, 4) is 6.07 Å². The van der Waals surface area contributed by atoms with Gasteiger partial charge >= 0.3 is 5.97 Å².